The molecule has 21 heavy (non-hydrogen) atoms. The summed E-state index contributed by atoms with van der Waals surface area (Å²) in [4.78, 5) is 27.0. The minimum absolute atomic E-state index is 0.176. The predicted octanol–water partition coefficient (Wildman–Crippen LogP) is 3.41. The van der Waals surface area contributed by atoms with Gasteiger partial charge in [-0.2, -0.15) is 0 Å². The Labute approximate surface area is 120 Å². The number of ketones is 1. The first kappa shape index (κ1) is 12.4. The van der Waals surface area contributed by atoms with E-state index < -0.39 is 0 Å². The molecule has 0 unspecified atom stereocenters. The molecule has 1 aromatic carbocycles. The van der Waals surface area contributed by atoms with E-state index in [-0.39, 0.29) is 11.4 Å². The monoisotopic (exact) mass is 281 g/mol. The van der Waals surface area contributed by atoms with E-state index in [0.29, 0.717) is 12.0 Å². The van der Waals surface area contributed by atoms with Gasteiger partial charge in [0.05, 0.1) is 11.2 Å². The number of hydrogen-bond acceptors (Lipinski definition) is 3. The summed E-state index contributed by atoms with van der Waals surface area (Å²) in [5.41, 5.74) is 4.95. The zero-order valence-corrected chi connectivity index (χ0v) is 12.0. The van der Waals surface area contributed by atoms with Crippen LogP contribution in [-0.4, -0.2) is 10.8 Å². The Morgan fingerprint density at radius 1 is 1.05 bits per heavy atom. The topological polar surface area (TPSA) is 63.1 Å². The summed E-state index contributed by atoms with van der Waals surface area (Å²) in [6.07, 6.45) is 2.37. The lowest BCUT2D eigenvalue weighted by Crippen LogP contribution is -2.09. The normalized spacial score (nSPS) is 14.9. The van der Waals surface area contributed by atoms with E-state index in [1.807, 2.05) is 19.9 Å². The molecule has 1 aliphatic rings. The summed E-state index contributed by atoms with van der Waals surface area (Å²) in [5, 5.41) is 2.00. The summed E-state index contributed by atoms with van der Waals surface area (Å²) in [7, 11) is 0. The van der Waals surface area contributed by atoms with Gasteiger partial charge in [0.25, 0.3) is 0 Å². The van der Waals surface area contributed by atoms with Crippen LogP contribution in [0.4, 0.5) is 0 Å². The first-order valence-electron chi connectivity index (χ1n) is 7.18. The summed E-state index contributed by atoms with van der Waals surface area (Å²) in [5.74, 6) is 0.176. The molecule has 0 bridgehead atoms. The van der Waals surface area contributed by atoms with E-state index in [2.05, 4.69) is 4.98 Å². The zero-order valence-electron chi connectivity index (χ0n) is 12.0. The van der Waals surface area contributed by atoms with E-state index >= 15 is 0 Å². The summed E-state index contributed by atoms with van der Waals surface area (Å²) in [6.45, 7) is 3.88. The Balaban J connectivity index is 2.29. The molecule has 3 aromatic rings. The zero-order chi connectivity index (χ0) is 14.7. The molecule has 2 heterocycles. The van der Waals surface area contributed by atoms with Gasteiger partial charge >= 0.3 is 5.63 Å². The number of carbonyl (C=O) groups is 1. The lowest BCUT2D eigenvalue weighted by Gasteiger charge is -2.11. The van der Waals surface area contributed by atoms with Crippen LogP contribution in [0.1, 0.15) is 40.0 Å². The number of nitrogens with one attached hydrogen (secondary N) is 1. The highest BCUT2D eigenvalue weighted by Gasteiger charge is 2.24. The maximum absolute atomic E-state index is 12.1. The van der Waals surface area contributed by atoms with Gasteiger partial charge in [-0.3, -0.25) is 4.79 Å². The second kappa shape index (κ2) is 4.07. The molecule has 0 aliphatic heterocycles. The molecule has 0 fully saturated rings. The average molecular weight is 281 g/mol. The first-order chi connectivity index (χ1) is 10.1. The number of aromatic nitrogens is 1. The third-order valence-corrected chi connectivity index (χ3v) is 4.39. The van der Waals surface area contributed by atoms with Crippen molar-refractivity contribution in [1.29, 1.82) is 0 Å². The van der Waals surface area contributed by atoms with Crippen LogP contribution in [0, 0.1) is 13.8 Å². The van der Waals surface area contributed by atoms with Gasteiger partial charge in [-0.1, -0.05) is 0 Å². The van der Waals surface area contributed by atoms with Crippen LogP contribution in [0.5, 0.6) is 0 Å². The van der Waals surface area contributed by atoms with Gasteiger partial charge in [0.15, 0.2) is 5.78 Å². The van der Waals surface area contributed by atoms with Crippen LogP contribution in [0.25, 0.3) is 21.9 Å². The summed E-state index contributed by atoms with van der Waals surface area (Å²) >= 11 is 0. The maximum atomic E-state index is 12.1. The highest BCUT2D eigenvalue weighted by atomic mass is 16.4. The third kappa shape index (κ3) is 1.62. The molecule has 0 saturated carbocycles. The number of benzene rings is 1. The molecule has 4 nitrogen and oxygen atoms in total. The van der Waals surface area contributed by atoms with E-state index in [4.69, 9.17) is 4.42 Å². The Kier molecular flexibility index (Phi) is 2.40. The van der Waals surface area contributed by atoms with E-state index in [1.165, 1.54) is 6.07 Å². The van der Waals surface area contributed by atoms with Gasteiger partial charge in [-0.15, -0.1) is 0 Å². The molecule has 0 radical (unpaired) electrons. The Hall–Kier alpha value is -2.36. The number of Topliss-reactive ketones (excluding diaryl/α,β-unsaturated/α-hetero) is 1. The molecule has 0 atom stereocenters. The van der Waals surface area contributed by atoms with Gasteiger partial charge in [0.2, 0.25) is 0 Å². The fraction of sp³-hybridized carbons (Fsp3) is 0.294. The van der Waals surface area contributed by atoms with Crippen molar-refractivity contribution in [2.75, 3.05) is 0 Å². The second-order valence-corrected chi connectivity index (χ2v) is 5.82. The summed E-state index contributed by atoms with van der Waals surface area (Å²) in [6, 6.07) is 3.39. The molecule has 4 heteroatoms. The van der Waals surface area contributed by atoms with Gasteiger partial charge in [0, 0.05) is 23.3 Å². The van der Waals surface area contributed by atoms with Crippen molar-refractivity contribution in [1.82, 2.24) is 4.98 Å². The summed E-state index contributed by atoms with van der Waals surface area (Å²) < 4.78 is 5.36. The Bertz CT molecular complexity index is 975. The molecule has 1 aliphatic carbocycles. The molecule has 0 spiro atoms. The van der Waals surface area contributed by atoms with Crippen LogP contribution >= 0.6 is 0 Å². The van der Waals surface area contributed by atoms with Crippen molar-refractivity contribution < 1.29 is 9.21 Å². The molecule has 106 valence electrons. The van der Waals surface area contributed by atoms with E-state index in [0.717, 1.165) is 51.5 Å². The lowest BCUT2D eigenvalue weighted by molar-refractivity contribution is 0.0968. The average Bonchev–Trinajstić information content (AvgIpc) is 2.80. The number of aryl methyl sites for hydroxylation is 3. The SMILES string of the molecule is Cc1cc2oc(=O)cc(C)c2c2c3c([nH]c12)C(=O)CCC3. The quantitative estimate of drug-likeness (QED) is 0.642. The van der Waals surface area contributed by atoms with Gasteiger partial charge in [-0.25, -0.2) is 4.79 Å². The van der Waals surface area contributed by atoms with E-state index in [9.17, 15) is 9.59 Å². The van der Waals surface area contributed by atoms with Crippen molar-refractivity contribution >= 4 is 27.7 Å². The first-order valence-corrected chi connectivity index (χ1v) is 7.18. The maximum Gasteiger partial charge on any atom is 0.336 e. The molecule has 1 N–H and O–H groups in total. The number of hydrogen-bond donors (Lipinski definition) is 1. The molecule has 2 aromatic heterocycles. The molecule has 0 saturated heterocycles. The van der Waals surface area contributed by atoms with Gasteiger partial charge in [-0.05, 0) is 49.4 Å². The third-order valence-electron chi connectivity index (χ3n) is 4.39. The van der Waals surface area contributed by atoms with Crippen molar-refractivity contribution in [2.24, 2.45) is 0 Å². The number of aromatic amines is 1. The fourth-order valence-corrected chi connectivity index (χ4v) is 3.47. The standard InChI is InChI=1S/C17H15NO3/c1-8-7-13(20)21-12-6-9(2)16-15(14(8)12)10-4-3-5-11(19)17(10)18-16/h6-7,18H,3-5H2,1-2H3. The molecular formula is C17H15NO3. The number of rotatable bonds is 0. The number of carbonyl (C=O) groups excluding carboxylic acids is 1. The smallest absolute Gasteiger partial charge is 0.336 e. The molecule has 0 amide bonds. The van der Waals surface area contributed by atoms with E-state index in [1.54, 1.807) is 0 Å². The Morgan fingerprint density at radius 3 is 2.67 bits per heavy atom. The number of H-pyrrole nitrogens is 1. The predicted molar refractivity (Wildman–Crippen MR) is 81.1 cm³/mol. The molecule has 4 rings (SSSR count). The van der Waals surface area contributed by atoms with Crippen molar-refractivity contribution in [3.05, 3.63) is 44.9 Å². The number of fused-ring (bicyclic) bond motifs is 5. The minimum Gasteiger partial charge on any atom is -0.423 e. The van der Waals surface area contributed by atoms with Crippen LogP contribution in [-0.2, 0) is 6.42 Å². The molecular weight excluding hydrogens is 266 g/mol. The van der Waals surface area contributed by atoms with Crippen molar-refractivity contribution in [3.63, 3.8) is 0 Å². The van der Waals surface area contributed by atoms with Crippen molar-refractivity contribution in [3.8, 4) is 0 Å². The van der Waals surface area contributed by atoms with Crippen LogP contribution in [0.3, 0.4) is 0 Å². The fourth-order valence-electron chi connectivity index (χ4n) is 3.47. The van der Waals surface area contributed by atoms with Crippen LogP contribution in [0.2, 0.25) is 0 Å². The highest BCUT2D eigenvalue weighted by molar-refractivity contribution is 6.14. The van der Waals surface area contributed by atoms with Gasteiger partial charge < -0.3 is 9.40 Å². The highest BCUT2D eigenvalue weighted by Crippen LogP contribution is 2.36. The largest absolute Gasteiger partial charge is 0.423 e. The minimum atomic E-state index is -0.334. The second-order valence-electron chi connectivity index (χ2n) is 5.82. The Morgan fingerprint density at radius 2 is 1.86 bits per heavy atom. The lowest BCUT2D eigenvalue weighted by atomic mass is 9.92. The van der Waals surface area contributed by atoms with Crippen LogP contribution in [0.15, 0.2) is 21.3 Å². The van der Waals surface area contributed by atoms with Crippen LogP contribution < -0.4 is 5.63 Å². The van der Waals surface area contributed by atoms with Crippen molar-refractivity contribution in [2.45, 2.75) is 33.1 Å². The van der Waals surface area contributed by atoms with Gasteiger partial charge in [0.1, 0.15) is 5.58 Å².